The maximum Gasteiger partial charge on any atom is 0.361 e. The average Bonchev–Trinajstić information content (AvgIpc) is 2.49. The van der Waals surface area contributed by atoms with Crippen LogP contribution < -0.4 is 0 Å². The third kappa shape index (κ3) is 1.88. The van der Waals surface area contributed by atoms with E-state index in [0.717, 1.165) is 19.0 Å². The predicted molar refractivity (Wildman–Crippen MR) is 46.3 cm³/mol. The highest BCUT2D eigenvalue weighted by Crippen LogP contribution is 2.24. The quantitative estimate of drug-likeness (QED) is 0.733. The molecule has 1 aliphatic rings. The molecule has 0 bridgehead atoms. The Kier molecular flexibility index (Phi) is 2.69. The van der Waals surface area contributed by atoms with Crippen LogP contribution in [0.2, 0.25) is 0 Å². The van der Waals surface area contributed by atoms with Crippen molar-refractivity contribution in [2.24, 2.45) is 5.92 Å². The van der Waals surface area contributed by atoms with Crippen LogP contribution in [0.5, 0.6) is 0 Å². The van der Waals surface area contributed by atoms with Crippen LogP contribution in [0.15, 0.2) is 9.65 Å². The second-order valence-corrected chi connectivity index (χ2v) is 3.95. The minimum absolute atomic E-state index is 0.116. The molecule has 1 fully saturated rings. The zero-order chi connectivity index (χ0) is 9.97. The Hall–Kier alpha value is -1.08. The van der Waals surface area contributed by atoms with Gasteiger partial charge in [0.05, 0.1) is 13.2 Å². The first-order valence-corrected chi connectivity index (χ1v) is 5.02. The van der Waals surface area contributed by atoms with Crippen LogP contribution in [0.1, 0.15) is 10.5 Å². The third-order valence-electron chi connectivity index (χ3n) is 1.82. The molecule has 0 aliphatic carbocycles. The average molecular weight is 216 g/mol. The summed E-state index contributed by atoms with van der Waals surface area (Å²) in [5.41, 5.74) is -0.116. The first kappa shape index (κ1) is 9.47. The van der Waals surface area contributed by atoms with Crippen molar-refractivity contribution in [2.75, 3.05) is 19.0 Å². The molecule has 6 nitrogen and oxygen atoms in total. The van der Waals surface area contributed by atoms with Gasteiger partial charge in [-0.25, -0.2) is 9.42 Å². The highest BCUT2D eigenvalue weighted by atomic mass is 32.2. The van der Waals surface area contributed by atoms with Crippen molar-refractivity contribution in [1.29, 1.82) is 0 Å². The Balaban J connectivity index is 1.94. The van der Waals surface area contributed by atoms with Gasteiger partial charge in [-0.1, -0.05) is 11.8 Å². The summed E-state index contributed by atoms with van der Waals surface area (Å²) in [7, 11) is 0. The number of thioether (sulfide) groups is 1. The van der Waals surface area contributed by atoms with E-state index in [2.05, 4.69) is 14.9 Å². The van der Waals surface area contributed by atoms with E-state index < -0.39 is 5.97 Å². The largest absolute Gasteiger partial charge is 0.476 e. The second kappa shape index (κ2) is 3.97. The molecule has 0 spiro atoms. The summed E-state index contributed by atoms with van der Waals surface area (Å²) < 4.78 is 9.35. The smallest absolute Gasteiger partial charge is 0.361 e. The van der Waals surface area contributed by atoms with Crippen molar-refractivity contribution < 1.29 is 19.3 Å². The number of hydrogen-bond donors (Lipinski definition) is 1. The summed E-state index contributed by atoms with van der Waals surface area (Å²) in [6.45, 7) is 1.47. The SMILES string of the molecule is O=C(O)c1nonc1SCC1COC1. The molecule has 2 rings (SSSR count). The highest BCUT2D eigenvalue weighted by molar-refractivity contribution is 7.99. The van der Waals surface area contributed by atoms with Gasteiger partial charge in [-0.15, -0.1) is 0 Å². The third-order valence-corrected chi connectivity index (χ3v) is 3.00. The molecule has 2 heterocycles. The molecule has 0 atom stereocenters. The molecule has 1 saturated heterocycles. The second-order valence-electron chi connectivity index (χ2n) is 2.94. The van der Waals surface area contributed by atoms with E-state index in [0.29, 0.717) is 10.9 Å². The van der Waals surface area contributed by atoms with E-state index in [1.54, 1.807) is 0 Å². The van der Waals surface area contributed by atoms with Gasteiger partial charge >= 0.3 is 5.97 Å². The van der Waals surface area contributed by atoms with Crippen molar-refractivity contribution in [1.82, 2.24) is 10.3 Å². The number of aromatic carboxylic acids is 1. The first-order valence-electron chi connectivity index (χ1n) is 4.03. The predicted octanol–water partition coefficient (Wildman–Crippen LogP) is 0.506. The van der Waals surface area contributed by atoms with Crippen molar-refractivity contribution in [2.45, 2.75) is 5.03 Å². The lowest BCUT2D eigenvalue weighted by atomic mass is 10.1. The molecule has 0 aromatic carbocycles. The van der Waals surface area contributed by atoms with E-state index in [1.807, 2.05) is 0 Å². The van der Waals surface area contributed by atoms with Gasteiger partial charge in [-0.05, 0) is 10.3 Å². The van der Waals surface area contributed by atoms with Crippen molar-refractivity contribution >= 4 is 17.7 Å². The molecule has 76 valence electrons. The number of carboxylic acids is 1. The first-order chi connectivity index (χ1) is 6.77. The topological polar surface area (TPSA) is 85.5 Å². The Labute approximate surface area is 83.6 Å². The van der Waals surface area contributed by atoms with Crippen molar-refractivity contribution in [3.8, 4) is 0 Å². The summed E-state index contributed by atoms with van der Waals surface area (Å²) >= 11 is 1.34. The van der Waals surface area contributed by atoms with E-state index in [9.17, 15) is 4.79 Å². The lowest BCUT2D eigenvalue weighted by Crippen LogP contribution is -2.29. The van der Waals surface area contributed by atoms with Crippen molar-refractivity contribution in [3.05, 3.63) is 5.69 Å². The molecule has 0 unspecified atom stereocenters. The highest BCUT2D eigenvalue weighted by Gasteiger charge is 2.22. The number of carbonyl (C=O) groups is 1. The van der Waals surface area contributed by atoms with Crippen LogP contribution in [-0.4, -0.2) is 40.4 Å². The van der Waals surface area contributed by atoms with Gasteiger partial charge in [0.1, 0.15) is 0 Å². The molecule has 1 aromatic rings. The van der Waals surface area contributed by atoms with Gasteiger partial charge in [0.25, 0.3) is 0 Å². The van der Waals surface area contributed by atoms with Gasteiger partial charge in [-0.2, -0.15) is 0 Å². The summed E-state index contributed by atoms with van der Waals surface area (Å²) in [6, 6.07) is 0. The Morgan fingerprint density at radius 2 is 2.36 bits per heavy atom. The molecule has 0 saturated carbocycles. The van der Waals surface area contributed by atoms with Gasteiger partial charge in [-0.3, -0.25) is 0 Å². The van der Waals surface area contributed by atoms with Crippen LogP contribution >= 0.6 is 11.8 Å². The molecule has 7 heteroatoms. The number of nitrogens with zero attached hydrogens (tertiary/aromatic N) is 2. The molecular weight excluding hydrogens is 208 g/mol. The van der Waals surface area contributed by atoms with E-state index in [1.165, 1.54) is 11.8 Å². The fourth-order valence-corrected chi connectivity index (χ4v) is 1.92. The van der Waals surface area contributed by atoms with Crippen LogP contribution in [-0.2, 0) is 4.74 Å². The standard InChI is InChI=1S/C7H8N2O4S/c10-7(11)5-6(9-13-8-5)14-3-4-1-12-2-4/h4H,1-3H2,(H,10,11). The van der Waals surface area contributed by atoms with Crippen LogP contribution in [0, 0.1) is 5.92 Å². The molecule has 14 heavy (non-hydrogen) atoms. The van der Waals surface area contributed by atoms with Gasteiger partial charge in [0.2, 0.25) is 5.69 Å². The lowest BCUT2D eigenvalue weighted by Gasteiger charge is -2.24. The maximum absolute atomic E-state index is 10.6. The van der Waals surface area contributed by atoms with Gasteiger partial charge in [0.15, 0.2) is 5.03 Å². The minimum atomic E-state index is -1.11. The minimum Gasteiger partial charge on any atom is -0.476 e. The molecule has 0 radical (unpaired) electrons. The van der Waals surface area contributed by atoms with Crippen LogP contribution in [0.3, 0.4) is 0 Å². The molecule has 1 aliphatic heterocycles. The van der Waals surface area contributed by atoms with Crippen molar-refractivity contribution in [3.63, 3.8) is 0 Å². The van der Waals surface area contributed by atoms with Crippen LogP contribution in [0.25, 0.3) is 0 Å². The van der Waals surface area contributed by atoms with Crippen LogP contribution in [0.4, 0.5) is 0 Å². The van der Waals surface area contributed by atoms with Gasteiger partial charge in [0, 0.05) is 11.7 Å². The molecular formula is C7H8N2O4S. The Morgan fingerprint density at radius 3 is 2.93 bits per heavy atom. The lowest BCUT2D eigenvalue weighted by molar-refractivity contribution is -0.0196. The fourth-order valence-electron chi connectivity index (χ4n) is 0.983. The van der Waals surface area contributed by atoms with E-state index in [4.69, 9.17) is 9.84 Å². The monoisotopic (exact) mass is 216 g/mol. The van der Waals surface area contributed by atoms with Gasteiger partial charge < -0.3 is 9.84 Å². The number of carboxylic acid groups (broad SMARTS) is 1. The molecule has 1 N–H and O–H groups in total. The number of aromatic nitrogens is 2. The van der Waals surface area contributed by atoms with E-state index >= 15 is 0 Å². The Bertz CT molecular complexity index is 336. The zero-order valence-electron chi connectivity index (χ0n) is 7.17. The number of rotatable bonds is 4. The zero-order valence-corrected chi connectivity index (χ0v) is 7.99. The summed E-state index contributed by atoms with van der Waals surface area (Å²) in [5.74, 6) is 0.158. The summed E-state index contributed by atoms with van der Waals surface area (Å²) in [5, 5.41) is 15.9. The fraction of sp³-hybridized carbons (Fsp3) is 0.571. The molecule has 0 amide bonds. The Morgan fingerprint density at radius 1 is 1.57 bits per heavy atom. The van der Waals surface area contributed by atoms with E-state index in [-0.39, 0.29) is 5.69 Å². The number of hydrogen-bond acceptors (Lipinski definition) is 6. The maximum atomic E-state index is 10.6. The number of ether oxygens (including phenoxy) is 1. The molecule has 1 aromatic heterocycles. The summed E-state index contributed by atoms with van der Waals surface area (Å²) in [6.07, 6.45) is 0. The summed E-state index contributed by atoms with van der Waals surface area (Å²) in [4.78, 5) is 10.6. The normalized spacial score (nSPS) is 16.6.